The molecule has 2 aromatic rings. The van der Waals surface area contributed by atoms with Crippen molar-refractivity contribution in [3.63, 3.8) is 0 Å². The van der Waals surface area contributed by atoms with Gasteiger partial charge in [0, 0.05) is 36.7 Å². The van der Waals surface area contributed by atoms with Crippen molar-refractivity contribution < 1.29 is 4.79 Å². The Kier molecular flexibility index (Phi) is 5.03. The number of imidazole rings is 1. The molecule has 4 nitrogen and oxygen atoms in total. The van der Waals surface area contributed by atoms with Crippen LogP contribution in [0.3, 0.4) is 0 Å². The van der Waals surface area contributed by atoms with Gasteiger partial charge in [-0.15, -0.1) is 0 Å². The molecule has 1 aromatic heterocycles. The number of aromatic amines is 1. The lowest BCUT2D eigenvalue weighted by Gasteiger charge is -2.05. The summed E-state index contributed by atoms with van der Waals surface area (Å²) in [6.07, 6.45) is 6.11. The maximum Gasteiger partial charge on any atom is 0.221 e. The van der Waals surface area contributed by atoms with E-state index in [-0.39, 0.29) is 5.91 Å². The number of nitrogens with zero attached hydrogens (tertiary/aromatic N) is 1. The second-order valence-corrected chi connectivity index (χ2v) is 5.14. The minimum atomic E-state index is 0.101. The fourth-order valence-electron chi connectivity index (χ4n) is 1.69. The zero-order chi connectivity index (χ0) is 13.5. The van der Waals surface area contributed by atoms with Crippen molar-refractivity contribution in [2.75, 3.05) is 12.0 Å². The van der Waals surface area contributed by atoms with Crippen molar-refractivity contribution in [3.05, 3.63) is 42.2 Å². The summed E-state index contributed by atoms with van der Waals surface area (Å²) in [4.78, 5) is 18.7. The Balaban J connectivity index is 1.87. The number of amides is 1. The quantitative estimate of drug-likeness (QED) is 0.851. The van der Waals surface area contributed by atoms with E-state index in [0.717, 1.165) is 22.7 Å². The van der Waals surface area contributed by atoms with Gasteiger partial charge in [0.05, 0.1) is 0 Å². The summed E-state index contributed by atoms with van der Waals surface area (Å²) in [5, 5.41) is 2.91. The zero-order valence-corrected chi connectivity index (χ0v) is 11.7. The predicted molar refractivity (Wildman–Crippen MR) is 78.9 cm³/mol. The van der Waals surface area contributed by atoms with Crippen LogP contribution in [0.1, 0.15) is 12.0 Å². The first-order valence-corrected chi connectivity index (χ1v) is 7.53. The largest absolute Gasteiger partial charge is 0.352 e. The smallest absolute Gasteiger partial charge is 0.221 e. The molecule has 0 atom stereocenters. The standard InChI is InChI=1S/C14H17N3OS/c1-19-9-6-13(18)17-10-11-2-4-12(5-3-11)14-15-7-8-16-14/h2-5,7-8H,6,9-10H2,1H3,(H,15,16)(H,17,18). The summed E-state index contributed by atoms with van der Waals surface area (Å²) in [5.41, 5.74) is 2.13. The fourth-order valence-corrected chi connectivity index (χ4v) is 2.08. The molecule has 0 spiro atoms. The number of hydrogen-bond donors (Lipinski definition) is 2. The molecule has 0 saturated carbocycles. The molecule has 100 valence electrons. The van der Waals surface area contributed by atoms with E-state index in [9.17, 15) is 4.79 Å². The van der Waals surface area contributed by atoms with Gasteiger partial charge >= 0.3 is 0 Å². The average molecular weight is 275 g/mol. The third-order valence-corrected chi connectivity index (χ3v) is 3.36. The summed E-state index contributed by atoms with van der Waals surface area (Å²) in [5.74, 6) is 1.82. The summed E-state index contributed by atoms with van der Waals surface area (Å²) < 4.78 is 0. The van der Waals surface area contributed by atoms with Crippen molar-refractivity contribution in [2.24, 2.45) is 0 Å². The van der Waals surface area contributed by atoms with E-state index in [1.807, 2.05) is 30.5 Å². The van der Waals surface area contributed by atoms with Gasteiger partial charge < -0.3 is 10.3 Å². The average Bonchev–Trinajstić information content (AvgIpc) is 2.97. The molecule has 0 unspecified atom stereocenters. The number of H-pyrrole nitrogens is 1. The molecule has 0 aliphatic heterocycles. The van der Waals surface area contributed by atoms with E-state index >= 15 is 0 Å². The Morgan fingerprint density at radius 2 is 2.16 bits per heavy atom. The van der Waals surface area contributed by atoms with Crippen molar-refractivity contribution in [1.29, 1.82) is 0 Å². The lowest BCUT2D eigenvalue weighted by atomic mass is 10.1. The topological polar surface area (TPSA) is 57.8 Å². The number of thioether (sulfide) groups is 1. The van der Waals surface area contributed by atoms with E-state index in [2.05, 4.69) is 15.3 Å². The van der Waals surface area contributed by atoms with Gasteiger partial charge in [0.2, 0.25) is 5.91 Å². The van der Waals surface area contributed by atoms with Gasteiger partial charge in [-0.2, -0.15) is 11.8 Å². The van der Waals surface area contributed by atoms with Crippen LogP contribution in [-0.2, 0) is 11.3 Å². The second kappa shape index (κ2) is 6.99. The number of rotatable bonds is 6. The minimum absolute atomic E-state index is 0.101. The van der Waals surface area contributed by atoms with Crippen LogP contribution in [0.5, 0.6) is 0 Å². The van der Waals surface area contributed by atoms with Gasteiger partial charge in [0.15, 0.2) is 0 Å². The van der Waals surface area contributed by atoms with Crippen LogP contribution in [-0.4, -0.2) is 27.9 Å². The lowest BCUT2D eigenvalue weighted by Crippen LogP contribution is -2.22. The molecule has 0 radical (unpaired) electrons. The molecule has 2 N–H and O–H groups in total. The molecule has 1 aromatic carbocycles. The Labute approximate surface area is 117 Å². The SMILES string of the molecule is CSCCC(=O)NCc1ccc(-c2ncc[nH]2)cc1. The number of hydrogen-bond acceptors (Lipinski definition) is 3. The summed E-state index contributed by atoms with van der Waals surface area (Å²) in [6, 6.07) is 8.02. The molecule has 1 heterocycles. The first-order valence-electron chi connectivity index (χ1n) is 6.14. The lowest BCUT2D eigenvalue weighted by molar-refractivity contribution is -0.120. The summed E-state index contributed by atoms with van der Waals surface area (Å²) in [7, 11) is 0. The molecule has 19 heavy (non-hydrogen) atoms. The minimum Gasteiger partial charge on any atom is -0.352 e. The molecule has 0 fully saturated rings. The molecular formula is C14H17N3OS. The van der Waals surface area contributed by atoms with Crippen LogP contribution >= 0.6 is 11.8 Å². The second-order valence-electron chi connectivity index (χ2n) is 4.15. The Morgan fingerprint density at radius 1 is 1.37 bits per heavy atom. The van der Waals surface area contributed by atoms with E-state index in [4.69, 9.17) is 0 Å². The highest BCUT2D eigenvalue weighted by Gasteiger charge is 2.02. The van der Waals surface area contributed by atoms with Crippen molar-refractivity contribution in [3.8, 4) is 11.4 Å². The van der Waals surface area contributed by atoms with Crippen LogP contribution in [0.4, 0.5) is 0 Å². The summed E-state index contributed by atoms with van der Waals surface area (Å²) >= 11 is 1.68. The highest BCUT2D eigenvalue weighted by molar-refractivity contribution is 7.98. The van der Waals surface area contributed by atoms with Crippen LogP contribution in [0.15, 0.2) is 36.7 Å². The fraction of sp³-hybridized carbons (Fsp3) is 0.286. The Bertz CT molecular complexity index is 508. The number of benzene rings is 1. The van der Waals surface area contributed by atoms with E-state index in [1.165, 1.54) is 0 Å². The third-order valence-electron chi connectivity index (χ3n) is 2.75. The van der Waals surface area contributed by atoms with Crippen LogP contribution in [0.2, 0.25) is 0 Å². The van der Waals surface area contributed by atoms with E-state index in [0.29, 0.717) is 13.0 Å². The number of carbonyl (C=O) groups is 1. The molecule has 0 aliphatic carbocycles. The zero-order valence-electron chi connectivity index (χ0n) is 10.8. The number of nitrogens with one attached hydrogen (secondary N) is 2. The van der Waals surface area contributed by atoms with Crippen LogP contribution < -0.4 is 5.32 Å². The normalized spacial score (nSPS) is 10.4. The third kappa shape index (κ3) is 4.13. The molecule has 5 heteroatoms. The van der Waals surface area contributed by atoms with Gasteiger partial charge in [-0.1, -0.05) is 24.3 Å². The highest BCUT2D eigenvalue weighted by Crippen LogP contribution is 2.14. The predicted octanol–water partition coefficient (Wildman–Crippen LogP) is 2.45. The maximum atomic E-state index is 11.5. The molecular weight excluding hydrogens is 258 g/mol. The first-order chi connectivity index (χ1) is 9.29. The van der Waals surface area contributed by atoms with E-state index < -0.39 is 0 Å². The van der Waals surface area contributed by atoms with Gasteiger partial charge in [-0.3, -0.25) is 4.79 Å². The van der Waals surface area contributed by atoms with Crippen molar-refractivity contribution in [1.82, 2.24) is 15.3 Å². The highest BCUT2D eigenvalue weighted by atomic mass is 32.2. The van der Waals surface area contributed by atoms with Crippen LogP contribution in [0, 0.1) is 0 Å². The monoisotopic (exact) mass is 275 g/mol. The van der Waals surface area contributed by atoms with Gasteiger partial charge in [-0.25, -0.2) is 4.98 Å². The molecule has 0 aliphatic rings. The van der Waals surface area contributed by atoms with Gasteiger partial charge in [0.1, 0.15) is 5.82 Å². The Hall–Kier alpha value is -1.75. The first kappa shape index (κ1) is 13.7. The van der Waals surface area contributed by atoms with Crippen molar-refractivity contribution >= 4 is 17.7 Å². The van der Waals surface area contributed by atoms with Gasteiger partial charge in [0.25, 0.3) is 0 Å². The maximum absolute atomic E-state index is 11.5. The number of aromatic nitrogens is 2. The van der Waals surface area contributed by atoms with Crippen molar-refractivity contribution in [2.45, 2.75) is 13.0 Å². The summed E-state index contributed by atoms with van der Waals surface area (Å²) in [6.45, 7) is 0.575. The molecule has 1 amide bonds. The molecule has 0 bridgehead atoms. The number of carbonyl (C=O) groups excluding carboxylic acids is 1. The molecule has 2 rings (SSSR count). The molecule has 0 saturated heterocycles. The van der Waals surface area contributed by atoms with Crippen LogP contribution in [0.25, 0.3) is 11.4 Å². The Morgan fingerprint density at radius 3 is 2.79 bits per heavy atom. The van der Waals surface area contributed by atoms with E-state index in [1.54, 1.807) is 24.2 Å². The van der Waals surface area contributed by atoms with Gasteiger partial charge in [-0.05, 0) is 11.8 Å².